The largest absolute Gasteiger partial charge is 0.380 e. The van der Waals surface area contributed by atoms with Crippen molar-refractivity contribution in [1.29, 1.82) is 0 Å². The van der Waals surface area contributed by atoms with Gasteiger partial charge in [0.25, 0.3) is 5.56 Å². The second kappa shape index (κ2) is 9.59. The highest BCUT2D eigenvalue weighted by atomic mass is 19.1. The molecule has 5 rings (SSSR count). The summed E-state index contributed by atoms with van der Waals surface area (Å²) in [5.41, 5.74) is 3.35. The van der Waals surface area contributed by atoms with Crippen molar-refractivity contribution in [3.8, 4) is 0 Å². The monoisotopic (exact) mass is 458 g/mol. The molecule has 1 aromatic carbocycles. The number of halogens is 1. The predicted molar refractivity (Wildman–Crippen MR) is 132 cm³/mol. The maximum absolute atomic E-state index is 13.1. The molecule has 3 heterocycles. The highest BCUT2D eigenvalue weighted by Gasteiger charge is 2.22. The standard InChI is InChI=1S/C26H27FN6O/c1-2-18-13-19-15-30-26(32-24(19)33(25(18)34)22-5-3-4-6-22)31-23-12-11-21(16-29-23)28-14-17-7-9-20(27)10-8-17/h7-13,15-16,22,28H,2-6,14H2,1H3,(H,29,30,31,32). The van der Waals surface area contributed by atoms with Crippen LogP contribution < -0.4 is 16.2 Å². The molecule has 0 unspecified atom stereocenters. The Labute approximate surface area is 197 Å². The van der Waals surface area contributed by atoms with Crippen LogP contribution in [0.15, 0.2) is 59.7 Å². The molecule has 0 radical (unpaired) electrons. The van der Waals surface area contributed by atoms with Gasteiger partial charge >= 0.3 is 0 Å². The van der Waals surface area contributed by atoms with Crippen molar-refractivity contribution >= 4 is 28.5 Å². The first-order valence-electron chi connectivity index (χ1n) is 11.7. The van der Waals surface area contributed by atoms with Crippen LogP contribution >= 0.6 is 0 Å². The van der Waals surface area contributed by atoms with E-state index in [9.17, 15) is 9.18 Å². The van der Waals surface area contributed by atoms with E-state index >= 15 is 0 Å². The maximum atomic E-state index is 13.1. The molecule has 0 saturated heterocycles. The average molecular weight is 459 g/mol. The number of benzene rings is 1. The lowest BCUT2D eigenvalue weighted by atomic mass is 10.1. The zero-order valence-corrected chi connectivity index (χ0v) is 19.1. The summed E-state index contributed by atoms with van der Waals surface area (Å²) >= 11 is 0. The second-order valence-electron chi connectivity index (χ2n) is 8.65. The lowest BCUT2D eigenvalue weighted by Gasteiger charge is -2.18. The van der Waals surface area contributed by atoms with Gasteiger partial charge in [-0.05, 0) is 55.2 Å². The Morgan fingerprint density at radius 1 is 1.06 bits per heavy atom. The van der Waals surface area contributed by atoms with Gasteiger partial charge in [0.05, 0.1) is 11.9 Å². The van der Waals surface area contributed by atoms with Crippen molar-refractivity contribution in [2.75, 3.05) is 10.6 Å². The fourth-order valence-corrected chi connectivity index (χ4v) is 4.49. The summed E-state index contributed by atoms with van der Waals surface area (Å²) in [5, 5.41) is 7.30. The minimum absolute atomic E-state index is 0.0567. The fourth-order valence-electron chi connectivity index (χ4n) is 4.49. The van der Waals surface area contributed by atoms with Crippen LogP contribution in [0.25, 0.3) is 11.0 Å². The van der Waals surface area contributed by atoms with Gasteiger partial charge in [0.2, 0.25) is 5.95 Å². The van der Waals surface area contributed by atoms with Crippen molar-refractivity contribution in [2.24, 2.45) is 0 Å². The van der Waals surface area contributed by atoms with Crippen LogP contribution in [0.4, 0.5) is 21.8 Å². The Kier molecular flexibility index (Phi) is 6.20. The first-order chi connectivity index (χ1) is 16.6. The number of nitrogens with zero attached hydrogens (tertiary/aromatic N) is 4. The van der Waals surface area contributed by atoms with Crippen molar-refractivity contribution in [3.63, 3.8) is 0 Å². The lowest BCUT2D eigenvalue weighted by Crippen LogP contribution is -2.27. The number of fused-ring (bicyclic) bond motifs is 1. The smallest absolute Gasteiger partial charge is 0.255 e. The summed E-state index contributed by atoms with van der Waals surface area (Å²) < 4.78 is 14.9. The van der Waals surface area contributed by atoms with E-state index in [0.29, 0.717) is 30.4 Å². The molecular formula is C26H27FN6O. The average Bonchev–Trinajstić information content (AvgIpc) is 3.39. The third kappa shape index (κ3) is 4.62. The molecule has 4 aromatic rings. The van der Waals surface area contributed by atoms with Crippen molar-refractivity contribution in [1.82, 2.24) is 19.5 Å². The van der Waals surface area contributed by atoms with E-state index in [2.05, 4.69) is 20.6 Å². The van der Waals surface area contributed by atoms with E-state index in [0.717, 1.165) is 47.9 Å². The molecule has 174 valence electrons. The molecule has 1 fully saturated rings. The van der Waals surface area contributed by atoms with Gasteiger partial charge in [-0.1, -0.05) is 31.9 Å². The van der Waals surface area contributed by atoms with Gasteiger partial charge < -0.3 is 10.6 Å². The van der Waals surface area contributed by atoms with E-state index in [-0.39, 0.29) is 17.4 Å². The van der Waals surface area contributed by atoms with Gasteiger partial charge in [-0.25, -0.2) is 14.4 Å². The minimum atomic E-state index is -0.247. The van der Waals surface area contributed by atoms with Gasteiger partial charge in [-0.15, -0.1) is 0 Å². The van der Waals surface area contributed by atoms with E-state index in [1.165, 1.54) is 12.1 Å². The molecule has 34 heavy (non-hydrogen) atoms. The van der Waals surface area contributed by atoms with Gasteiger partial charge in [-0.2, -0.15) is 4.98 Å². The van der Waals surface area contributed by atoms with Gasteiger partial charge in [-0.3, -0.25) is 9.36 Å². The zero-order chi connectivity index (χ0) is 23.5. The molecule has 7 nitrogen and oxygen atoms in total. The lowest BCUT2D eigenvalue weighted by molar-refractivity contribution is 0.513. The van der Waals surface area contributed by atoms with Gasteiger partial charge in [0, 0.05) is 29.7 Å². The summed E-state index contributed by atoms with van der Waals surface area (Å²) in [6.45, 7) is 2.57. The van der Waals surface area contributed by atoms with Crippen molar-refractivity contribution in [2.45, 2.75) is 51.6 Å². The summed E-state index contributed by atoms with van der Waals surface area (Å²) in [5.74, 6) is 0.761. The maximum Gasteiger partial charge on any atom is 0.255 e. The number of hydrogen-bond donors (Lipinski definition) is 2. The highest BCUT2D eigenvalue weighted by molar-refractivity contribution is 5.76. The molecule has 1 aliphatic rings. The Hall–Kier alpha value is -3.81. The van der Waals surface area contributed by atoms with Crippen LogP contribution in [-0.2, 0) is 13.0 Å². The molecule has 8 heteroatoms. The number of rotatable bonds is 7. The second-order valence-corrected chi connectivity index (χ2v) is 8.65. The Morgan fingerprint density at radius 2 is 1.85 bits per heavy atom. The molecule has 3 aromatic heterocycles. The Balaban J connectivity index is 1.35. The van der Waals surface area contributed by atoms with Crippen LogP contribution in [0.2, 0.25) is 0 Å². The quantitative estimate of drug-likeness (QED) is 0.388. The Bertz CT molecular complexity index is 1350. The Morgan fingerprint density at radius 3 is 2.56 bits per heavy atom. The first-order valence-corrected chi connectivity index (χ1v) is 11.7. The van der Waals surface area contributed by atoms with E-state index in [4.69, 9.17) is 4.98 Å². The minimum Gasteiger partial charge on any atom is -0.380 e. The van der Waals surface area contributed by atoms with Crippen molar-refractivity contribution in [3.05, 3.63) is 82.2 Å². The normalized spacial score (nSPS) is 13.9. The molecule has 1 aliphatic carbocycles. The number of anilines is 3. The van der Waals surface area contributed by atoms with E-state index in [1.54, 1.807) is 24.5 Å². The van der Waals surface area contributed by atoms with Crippen LogP contribution in [-0.4, -0.2) is 19.5 Å². The predicted octanol–water partition coefficient (Wildman–Crippen LogP) is 5.36. The van der Waals surface area contributed by atoms with Crippen LogP contribution in [0.3, 0.4) is 0 Å². The molecule has 0 amide bonds. The zero-order valence-electron chi connectivity index (χ0n) is 19.1. The summed E-state index contributed by atoms with van der Waals surface area (Å²) in [6.07, 6.45) is 8.45. The fraction of sp³-hybridized carbons (Fsp3) is 0.308. The van der Waals surface area contributed by atoms with E-state index in [1.807, 2.05) is 29.7 Å². The number of aromatic nitrogens is 4. The molecule has 0 spiro atoms. The third-order valence-corrected chi connectivity index (χ3v) is 6.33. The number of nitrogens with one attached hydrogen (secondary N) is 2. The summed E-state index contributed by atoms with van der Waals surface area (Å²) in [4.78, 5) is 26.7. The summed E-state index contributed by atoms with van der Waals surface area (Å²) in [7, 11) is 0. The van der Waals surface area contributed by atoms with Gasteiger partial charge in [0.1, 0.15) is 17.3 Å². The molecule has 0 atom stereocenters. The number of hydrogen-bond acceptors (Lipinski definition) is 6. The molecule has 2 N–H and O–H groups in total. The first kappa shape index (κ1) is 22.0. The van der Waals surface area contributed by atoms with E-state index < -0.39 is 0 Å². The summed E-state index contributed by atoms with van der Waals surface area (Å²) in [6, 6.07) is 12.2. The van der Waals surface area contributed by atoms with Crippen molar-refractivity contribution < 1.29 is 4.39 Å². The molecule has 1 saturated carbocycles. The third-order valence-electron chi connectivity index (χ3n) is 6.33. The molecule has 0 bridgehead atoms. The SMILES string of the molecule is CCc1cc2cnc(Nc3ccc(NCc4ccc(F)cc4)cn3)nc2n(C2CCCC2)c1=O. The number of aryl methyl sites for hydroxylation is 1. The topological polar surface area (TPSA) is 84.7 Å². The molecule has 0 aliphatic heterocycles. The van der Waals surface area contributed by atoms with Crippen LogP contribution in [0, 0.1) is 5.82 Å². The molecular weight excluding hydrogens is 431 g/mol. The van der Waals surface area contributed by atoms with Gasteiger partial charge in [0.15, 0.2) is 0 Å². The number of pyridine rings is 2. The van der Waals surface area contributed by atoms with Crippen LogP contribution in [0.5, 0.6) is 0 Å². The van der Waals surface area contributed by atoms with Crippen LogP contribution in [0.1, 0.15) is 49.8 Å². The highest BCUT2D eigenvalue weighted by Crippen LogP contribution is 2.31.